The quantitative estimate of drug-likeness (QED) is 0.732. The first-order valence-corrected chi connectivity index (χ1v) is 7.74. The number of aryl methyl sites for hydroxylation is 1. The summed E-state index contributed by atoms with van der Waals surface area (Å²) in [6.45, 7) is 1.66. The summed E-state index contributed by atoms with van der Waals surface area (Å²) in [5, 5.41) is 8.98. The number of carbonyl (C=O) groups is 1. The molecule has 2 heterocycles. The molecule has 6 heteroatoms. The summed E-state index contributed by atoms with van der Waals surface area (Å²) in [7, 11) is 0. The molecule has 0 radical (unpaired) electrons. The Morgan fingerprint density at radius 2 is 2.25 bits per heavy atom. The van der Waals surface area contributed by atoms with E-state index < -0.39 is 5.97 Å². The fraction of sp³-hybridized carbons (Fsp3) is 0.143. The molecule has 2 aromatic heterocycles. The Labute approximate surface area is 123 Å². The molecule has 1 aromatic carbocycles. The van der Waals surface area contributed by atoms with Crippen molar-refractivity contribution < 1.29 is 14.3 Å². The average molecular weight is 305 g/mol. The lowest BCUT2D eigenvalue weighted by Gasteiger charge is -1.92. The van der Waals surface area contributed by atoms with Gasteiger partial charge in [0.05, 0.1) is 16.0 Å². The van der Waals surface area contributed by atoms with Gasteiger partial charge < -0.3 is 9.52 Å². The Kier molecular flexibility index (Phi) is 3.50. The summed E-state index contributed by atoms with van der Waals surface area (Å²) >= 11 is 3.18. The third-order valence-electron chi connectivity index (χ3n) is 2.81. The number of para-hydroxylation sites is 1. The van der Waals surface area contributed by atoms with Gasteiger partial charge in [0.2, 0.25) is 0 Å². The van der Waals surface area contributed by atoms with E-state index in [2.05, 4.69) is 4.98 Å². The van der Waals surface area contributed by atoms with Gasteiger partial charge in [-0.15, -0.1) is 11.3 Å². The van der Waals surface area contributed by atoms with Gasteiger partial charge in [-0.3, -0.25) is 0 Å². The third-order valence-corrected chi connectivity index (χ3v) is 5.01. The lowest BCUT2D eigenvalue weighted by molar-refractivity contribution is 0.0695. The average Bonchev–Trinajstić information content (AvgIpc) is 2.99. The van der Waals surface area contributed by atoms with Crippen LogP contribution in [0.15, 0.2) is 39.1 Å². The van der Waals surface area contributed by atoms with Crippen LogP contribution in [0.25, 0.3) is 10.2 Å². The maximum Gasteiger partial charge on any atom is 0.339 e. The second-order valence-corrected chi connectivity index (χ2v) is 6.48. The van der Waals surface area contributed by atoms with Crippen LogP contribution in [0.2, 0.25) is 0 Å². The van der Waals surface area contributed by atoms with E-state index in [1.54, 1.807) is 36.1 Å². The van der Waals surface area contributed by atoms with Crippen LogP contribution < -0.4 is 0 Å². The van der Waals surface area contributed by atoms with Gasteiger partial charge in [-0.25, -0.2) is 9.78 Å². The topological polar surface area (TPSA) is 63.3 Å². The first-order valence-electron chi connectivity index (χ1n) is 5.94. The SMILES string of the molecule is Cc1oc(CSc2nc3ccccc3s2)cc1C(=O)O. The summed E-state index contributed by atoms with van der Waals surface area (Å²) in [5.41, 5.74) is 1.21. The van der Waals surface area contributed by atoms with Crippen LogP contribution in [0, 0.1) is 6.92 Å². The highest BCUT2D eigenvalue weighted by molar-refractivity contribution is 8.00. The largest absolute Gasteiger partial charge is 0.478 e. The lowest BCUT2D eigenvalue weighted by Crippen LogP contribution is -1.94. The van der Waals surface area contributed by atoms with Gasteiger partial charge in [0.1, 0.15) is 17.1 Å². The predicted octanol–water partition coefficient (Wildman–Crippen LogP) is 4.19. The molecular weight excluding hydrogens is 294 g/mol. The van der Waals surface area contributed by atoms with Crippen molar-refractivity contribution in [2.45, 2.75) is 17.0 Å². The van der Waals surface area contributed by atoms with Gasteiger partial charge in [0, 0.05) is 0 Å². The molecule has 1 N–H and O–H groups in total. The van der Waals surface area contributed by atoms with Crippen LogP contribution >= 0.6 is 23.1 Å². The number of carboxylic acids is 1. The maximum atomic E-state index is 10.9. The zero-order chi connectivity index (χ0) is 14.1. The summed E-state index contributed by atoms with van der Waals surface area (Å²) in [4.78, 5) is 15.5. The fourth-order valence-electron chi connectivity index (χ4n) is 1.87. The summed E-state index contributed by atoms with van der Waals surface area (Å²) < 4.78 is 7.55. The molecule has 0 aliphatic carbocycles. The van der Waals surface area contributed by atoms with Crippen molar-refractivity contribution in [2.75, 3.05) is 0 Å². The molecule has 0 spiro atoms. The number of thiazole rings is 1. The lowest BCUT2D eigenvalue weighted by atomic mass is 10.2. The Morgan fingerprint density at radius 1 is 1.45 bits per heavy atom. The number of benzene rings is 1. The fourth-order valence-corrected chi connectivity index (χ4v) is 3.82. The Morgan fingerprint density at radius 3 is 2.95 bits per heavy atom. The summed E-state index contributed by atoms with van der Waals surface area (Å²) in [6.07, 6.45) is 0. The minimum absolute atomic E-state index is 0.227. The van der Waals surface area contributed by atoms with E-state index in [1.165, 1.54) is 0 Å². The zero-order valence-corrected chi connectivity index (χ0v) is 12.3. The van der Waals surface area contributed by atoms with Crippen LogP contribution in [0.3, 0.4) is 0 Å². The number of rotatable bonds is 4. The van der Waals surface area contributed by atoms with E-state index in [4.69, 9.17) is 9.52 Å². The van der Waals surface area contributed by atoms with E-state index in [1.807, 2.05) is 24.3 Å². The zero-order valence-electron chi connectivity index (χ0n) is 10.6. The van der Waals surface area contributed by atoms with Gasteiger partial charge in [-0.2, -0.15) is 0 Å². The minimum Gasteiger partial charge on any atom is -0.478 e. The highest BCUT2D eigenvalue weighted by Gasteiger charge is 2.14. The minimum atomic E-state index is -0.956. The smallest absolute Gasteiger partial charge is 0.339 e. The van der Waals surface area contributed by atoms with Gasteiger partial charge in [-0.05, 0) is 25.1 Å². The number of hydrogen-bond donors (Lipinski definition) is 1. The molecule has 0 aliphatic rings. The second kappa shape index (κ2) is 5.30. The second-order valence-electron chi connectivity index (χ2n) is 4.22. The number of furan rings is 1. The highest BCUT2D eigenvalue weighted by Crippen LogP contribution is 2.32. The first kappa shape index (κ1) is 13.2. The highest BCUT2D eigenvalue weighted by atomic mass is 32.2. The van der Waals surface area contributed by atoms with Crippen molar-refractivity contribution in [2.24, 2.45) is 0 Å². The van der Waals surface area contributed by atoms with Crippen LogP contribution in [-0.2, 0) is 5.75 Å². The molecule has 102 valence electrons. The molecule has 3 rings (SSSR count). The molecular formula is C14H11NO3S2. The van der Waals surface area contributed by atoms with Crippen molar-refractivity contribution >= 4 is 39.3 Å². The van der Waals surface area contributed by atoms with Crippen LogP contribution in [0.5, 0.6) is 0 Å². The van der Waals surface area contributed by atoms with E-state index in [0.29, 0.717) is 17.3 Å². The molecule has 20 heavy (non-hydrogen) atoms. The van der Waals surface area contributed by atoms with Crippen molar-refractivity contribution in [3.05, 3.63) is 47.4 Å². The normalized spacial score (nSPS) is 11.1. The molecule has 3 aromatic rings. The first-order chi connectivity index (χ1) is 9.63. The molecule has 0 amide bonds. The van der Waals surface area contributed by atoms with Crippen molar-refractivity contribution in [1.29, 1.82) is 0 Å². The molecule has 4 nitrogen and oxygen atoms in total. The molecule has 0 unspecified atom stereocenters. The monoisotopic (exact) mass is 305 g/mol. The van der Waals surface area contributed by atoms with Crippen LogP contribution in [0.1, 0.15) is 21.9 Å². The molecule has 0 bridgehead atoms. The number of nitrogens with zero attached hydrogens (tertiary/aromatic N) is 1. The molecule has 0 aliphatic heterocycles. The molecule has 0 fully saturated rings. The molecule has 0 saturated carbocycles. The van der Waals surface area contributed by atoms with Crippen LogP contribution in [-0.4, -0.2) is 16.1 Å². The summed E-state index contributed by atoms with van der Waals surface area (Å²) in [5.74, 6) is 0.720. The Balaban J connectivity index is 1.76. The number of fused-ring (bicyclic) bond motifs is 1. The number of thioether (sulfide) groups is 1. The number of carboxylic acid groups (broad SMARTS) is 1. The molecule has 0 atom stereocenters. The van der Waals surface area contributed by atoms with Crippen molar-refractivity contribution in [3.8, 4) is 0 Å². The van der Waals surface area contributed by atoms with Crippen molar-refractivity contribution in [1.82, 2.24) is 4.98 Å². The third kappa shape index (κ3) is 2.57. The van der Waals surface area contributed by atoms with Gasteiger partial charge in [0.15, 0.2) is 4.34 Å². The van der Waals surface area contributed by atoms with Crippen LogP contribution in [0.4, 0.5) is 0 Å². The van der Waals surface area contributed by atoms with Crippen molar-refractivity contribution in [3.63, 3.8) is 0 Å². The van der Waals surface area contributed by atoms with Gasteiger partial charge >= 0.3 is 5.97 Å². The Hall–Kier alpha value is -1.79. The number of aromatic nitrogens is 1. The number of aromatic carboxylic acids is 1. The standard InChI is InChI=1S/C14H11NO3S2/c1-8-10(13(16)17)6-9(18-8)7-19-14-15-11-4-2-3-5-12(11)20-14/h2-6H,7H2,1H3,(H,16,17). The van der Waals surface area contributed by atoms with E-state index in [9.17, 15) is 4.79 Å². The van der Waals surface area contributed by atoms with Gasteiger partial charge in [0.25, 0.3) is 0 Å². The Bertz CT molecular complexity index is 743. The van der Waals surface area contributed by atoms with Gasteiger partial charge in [-0.1, -0.05) is 23.9 Å². The van der Waals surface area contributed by atoms with E-state index >= 15 is 0 Å². The summed E-state index contributed by atoms with van der Waals surface area (Å²) in [6, 6.07) is 9.56. The number of hydrogen-bond acceptors (Lipinski definition) is 5. The van der Waals surface area contributed by atoms with E-state index in [0.717, 1.165) is 14.6 Å². The van der Waals surface area contributed by atoms with E-state index in [-0.39, 0.29) is 5.56 Å². The predicted molar refractivity (Wildman–Crippen MR) is 79.6 cm³/mol. The molecule has 0 saturated heterocycles. The maximum absolute atomic E-state index is 10.9.